The lowest BCUT2D eigenvalue weighted by molar-refractivity contribution is 0.298. The maximum atomic E-state index is 9.06. The predicted octanol–water partition coefficient (Wildman–Crippen LogP) is 3.13. The molecular formula is C15H16ClNO2. The van der Waals surface area contributed by atoms with E-state index in [0.717, 1.165) is 11.1 Å². The average Bonchev–Trinajstić information content (AvgIpc) is 2.42. The topological polar surface area (TPSA) is 55.5 Å². The number of aliphatic hydroxyl groups excluding tert-OH is 1. The summed E-state index contributed by atoms with van der Waals surface area (Å²) in [6.07, 6.45) is 0.550. The van der Waals surface area contributed by atoms with E-state index in [1.165, 1.54) is 0 Å². The molecule has 0 amide bonds. The zero-order valence-corrected chi connectivity index (χ0v) is 11.2. The molecular weight excluding hydrogens is 262 g/mol. The molecule has 0 aliphatic rings. The predicted molar refractivity (Wildman–Crippen MR) is 76.6 cm³/mol. The number of aliphatic hydroxyl groups is 1. The molecule has 0 aliphatic heterocycles. The Labute approximate surface area is 117 Å². The molecule has 0 heterocycles. The number of halogens is 1. The van der Waals surface area contributed by atoms with Crippen molar-refractivity contribution in [2.45, 2.75) is 13.0 Å². The van der Waals surface area contributed by atoms with Gasteiger partial charge in [-0.15, -0.1) is 0 Å². The van der Waals surface area contributed by atoms with Gasteiger partial charge in [0.25, 0.3) is 0 Å². The van der Waals surface area contributed by atoms with Gasteiger partial charge < -0.3 is 15.6 Å². The number of nitrogens with two attached hydrogens (primary N) is 1. The standard InChI is InChI=1S/C15H16ClNO2/c16-13-6-5-12(10-17)15(9-13)19-14-4-2-1-3-11(14)7-8-18/h1-6,9,18H,7-8,10,17H2. The first-order valence-corrected chi connectivity index (χ1v) is 6.47. The highest BCUT2D eigenvalue weighted by molar-refractivity contribution is 6.30. The van der Waals surface area contributed by atoms with E-state index in [9.17, 15) is 0 Å². The molecule has 0 atom stereocenters. The van der Waals surface area contributed by atoms with Crippen molar-refractivity contribution in [3.05, 3.63) is 58.6 Å². The van der Waals surface area contributed by atoms with Crippen molar-refractivity contribution >= 4 is 11.6 Å². The molecule has 0 spiro atoms. The van der Waals surface area contributed by atoms with Crippen LogP contribution in [0.15, 0.2) is 42.5 Å². The summed E-state index contributed by atoms with van der Waals surface area (Å²) in [4.78, 5) is 0. The Kier molecular flexibility index (Phi) is 4.80. The van der Waals surface area contributed by atoms with E-state index < -0.39 is 0 Å². The van der Waals surface area contributed by atoms with Crippen LogP contribution < -0.4 is 10.5 Å². The summed E-state index contributed by atoms with van der Waals surface area (Å²) < 4.78 is 5.89. The minimum absolute atomic E-state index is 0.0830. The minimum atomic E-state index is 0.0830. The molecule has 3 nitrogen and oxygen atoms in total. The van der Waals surface area contributed by atoms with Crippen LogP contribution in [0.4, 0.5) is 0 Å². The van der Waals surface area contributed by atoms with Crippen molar-refractivity contribution in [1.29, 1.82) is 0 Å². The zero-order valence-electron chi connectivity index (χ0n) is 10.5. The lowest BCUT2D eigenvalue weighted by atomic mass is 10.1. The average molecular weight is 278 g/mol. The lowest BCUT2D eigenvalue weighted by Crippen LogP contribution is -2.01. The van der Waals surface area contributed by atoms with E-state index in [0.29, 0.717) is 29.5 Å². The summed E-state index contributed by atoms with van der Waals surface area (Å²) in [5.74, 6) is 1.37. The summed E-state index contributed by atoms with van der Waals surface area (Å²) in [6.45, 7) is 0.467. The van der Waals surface area contributed by atoms with Crippen LogP contribution in [0.25, 0.3) is 0 Å². The third-order valence-corrected chi connectivity index (χ3v) is 3.06. The van der Waals surface area contributed by atoms with Crippen molar-refractivity contribution in [1.82, 2.24) is 0 Å². The molecule has 4 heteroatoms. The minimum Gasteiger partial charge on any atom is -0.457 e. The van der Waals surface area contributed by atoms with Gasteiger partial charge in [0, 0.05) is 23.7 Å². The van der Waals surface area contributed by atoms with Crippen LogP contribution in [0.3, 0.4) is 0 Å². The molecule has 100 valence electrons. The summed E-state index contributed by atoms with van der Waals surface area (Å²) in [5.41, 5.74) is 7.53. The Hall–Kier alpha value is -1.55. The smallest absolute Gasteiger partial charge is 0.133 e. The van der Waals surface area contributed by atoms with Gasteiger partial charge in [-0.1, -0.05) is 35.9 Å². The molecule has 2 aromatic carbocycles. The van der Waals surface area contributed by atoms with Crippen LogP contribution in [0.2, 0.25) is 5.02 Å². The zero-order chi connectivity index (χ0) is 13.7. The van der Waals surface area contributed by atoms with Gasteiger partial charge in [0.1, 0.15) is 11.5 Å². The van der Waals surface area contributed by atoms with Gasteiger partial charge in [-0.05, 0) is 30.2 Å². The maximum Gasteiger partial charge on any atom is 0.133 e. The Bertz CT molecular complexity index is 558. The third kappa shape index (κ3) is 3.47. The Morgan fingerprint density at radius 2 is 1.84 bits per heavy atom. The fourth-order valence-corrected chi connectivity index (χ4v) is 2.00. The Morgan fingerprint density at radius 3 is 2.58 bits per heavy atom. The van der Waals surface area contributed by atoms with Gasteiger partial charge in [0.15, 0.2) is 0 Å². The molecule has 2 aromatic rings. The molecule has 0 saturated heterocycles. The van der Waals surface area contributed by atoms with Gasteiger partial charge in [-0.2, -0.15) is 0 Å². The normalized spacial score (nSPS) is 10.5. The summed E-state index contributed by atoms with van der Waals surface area (Å²) >= 11 is 5.98. The van der Waals surface area contributed by atoms with E-state index in [1.807, 2.05) is 30.3 Å². The first kappa shape index (κ1) is 13.9. The van der Waals surface area contributed by atoms with Crippen molar-refractivity contribution in [2.24, 2.45) is 5.73 Å². The second kappa shape index (κ2) is 6.57. The number of hydrogen-bond acceptors (Lipinski definition) is 3. The second-order valence-corrected chi connectivity index (χ2v) is 4.58. The summed E-state index contributed by atoms with van der Waals surface area (Å²) in [5, 5.41) is 9.66. The van der Waals surface area contributed by atoms with Crippen LogP contribution in [0.5, 0.6) is 11.5 Å². The highest BCUT2D eigenvalue weighted by Crippen LogP contribution is 2.30. The number of para-hydroxylation sites is 1. The highest BCUT2D eigenvalue weighted by Gasteiger charge is 2.08. The molecule has 0 radical (unpaired) electrons. The van der Waals surface area contributed by atoms with E-state index in [1.54, 1.807) is 12.1 Å². The molecule has 0 unspecified atom stereocenters. The number of benzene rings is 2. The van der Waals surface area contributed by atoms with E-state index >= 15 is 0 Å². The fraction of sp³-hybridized carbons (Fsp3) is 0.200. The number of hydrogen-bond donors (Lipinski definition) is 2. The van der Waals surface area contributed by atoms with Gasteiger partial charge >= 0.3 is 0 Å². The molecule has 0 aliphatic carbocycles. The van der Waals surface area contributed by atoms with Crippen LogP contribution in [0, 0.1) is 0 Å². The van der Waals surface area contributed by atoms with Crippen molar-refractivity contribution in [2.75, 3.05) is 6.61 Å². The van der Waals surface area contributed by atoms with Crippen LogP contribution in [-0.4, -0.2) is 11.7 Å². The van der Waals surface area contributed by atoms with E-state index in [-0.39, 0.29) is 6.61 Å². The first-order valence-electron chi connectivity index (χ1n) is 6.09. The van der Waals surface area contributed by atoms with Crippen LogP contribution in [0.1, 0.15) is 11.1 Å². The summed E-state index contributed by atoms with van der Waals surface area (Å²) in [7, 11) is 0. The van der Waals surface area contributed by atoms with Gasteiger partial charge in [0.05, 0.1) is 0 Å². The molecule has 19 heavy (non-hydrogen) atoms. The SMILES string of the molecule is NCc1ccc(Cl)cc1Oc1ccccc1CCO. The van der Waals surface area contributed by atoms with Crippen molar-refractivity contribution in [3.63, 3.8) is 0 Å². The molecule has 2 rings (SSSR count). The third-order valence-electron chi connectivity index (χ3n) is 2.82. The van der Waals surface area contributed by atoms with Crippen molar-refractivity contribution in [3.8, 4) is 11.5 Å². The quantitative estimate of drug-likeness (QED) is 0.883. The van der Waals surface area contributed by atoms with E-state index in [4.69, 9.17) is 27.2 Å². The summed E-state index contributed by atoms with van der Waals surface area (Å²) in [6, 6.07) is 13.0. The largest absolute Gasteiger partial charge is 0.457 e. The Morgan fingerprint density at radius 1 is 1.05 bits per heavy atom. The first-order chi connectivity index (χ1) is 9.24. The molecule has 0 saturated carbocycles. The van der Waals surface area contributed by atoms with E-state index in [2.05, 4.69) is 0 Å². The molecule has 0 aromatic heterocycles. The maximum absolute atomic E-state index is 9.06. The van der Waals surface area contributed by atoms with Gasteiger partial charge in [-0.3, -0.25) is 0 Å². The van der Waals surface area contributed by atoms with Crippen LogP contribution in [-0.2, 0) is 13.0 Å². The number of ether oxygens (including phenoxy) is 1. The van der Waals surface area contributed by atoms with Gasteiger partial charge in [0.2, 0.25) is 0 Å². The van der Waals surface area contributed by atoms with Crippen molar-refractivity contribution < 1.29 is 9.84 Å². The highest BCUT2D eigenvalue weighted by atomic mass is 35.5. The monoisotopic (exact) mass is 277 g/mol. The Balaban J connectivity index is 2.33. The van der Waals surface area contributed by atoms with Crippen LogP contribution >= 0.6 is 11.6 Å². The fourth-order valence-electron chi connectivity index (χ4n) is 1.84. The number of rotatable bonds is 5. The second-order valence-electron chi connectivity index (χ2n) is 4.14. The molecule has 0 bridgehead atoms. The molecule has 0 fully saturated rings. The lowest BCUT2D eigenvalue weighted by Gasteiger charge is -2.13. The van der Waals surface area contributed by atoms with Gasteiger partial charge in [-0.25, -0.2) is 0 Å². The molecule has 3 N–H and O–H groups in total.